The number of fused-ring (bicyclic) bond motifs is 1. The van der Waals surface area contributed by atoms with E-state index in [1.807, 2.05) is 37.3 Å². The quantitative estimate of drug-likeness (QED) is 0.597. The molecule has 3 aromatic rings. The Morgan fingerprint density at radius 3 is 2.24 bits per heavy atom. The number of aryl methyl sites for hydroxylation is 1. The second kappa shape index (κ2) is 4.88. The van der Waals surface area contributed by atoms with Gasteiger partial charge in [-0.25, -0.2) is 0 Å². The molecule has 0 bridgehead atoms. The molecule has 0 fully saturated rings. The molecule has 4 heteroatoms. The van der Waals surface area contributed by atoms with Crippen LogP contribution in [0.4, 0.5) is 13.2 Å². The molecular formula is C17H12F3N. The lowest BCUT2D eigenvalue weighted by molar-refractivity contribution is -0.137. The van der Waals surface area contributed by atoms with Gasteiger partial charge in [-0.1, -0.05) is 30.3 Å². The Hall–Kier alpha value is -2.36. The van der Waals surface area contributed by atoms with Gasteiger partial charge in [0.05, 0.1) is 11.1 Å². The number of aromatic nitrogens is 1. The highest BCUT2D eigenvalue weighted by atomic mass is 19.4. The van der Waals surface area contributed by atoms with E-state index in [1.54, 1.807) is 0 Å². The zero-order chi connectivity index (χ0) is 15.0. The number of hydrogen-bond donors (Lipinski definition) is 0. The van der Waals surface area contributed by atoms with E-state index in [0.29, 0.717) is 0 Å². The van der Waals surface area contributed by atoms with Gasteiger partial charge in [-0.05, 0) is 42.3 Å². The standard InChI is InChI=1S/C17H12F3N/c1-11-10-15(14-4-2-3-5-16(14)21-11)12-6-8-13(9-7-12)17(18,19)20/h2-10H,1H3. The molecule has 2 aromatic carbocycles. The second-order valence-electron chi connectivity index (χ2n) is 4.90. The van der Waals surface area contributed by atoms with Gasteiger partial charge in [-0.15, -0.1) is 0 Å². The van der Waals surface area contributed by atoms with Crippen molar-refractivity contribution in [3.8, 4) is 11.1 Å². The van der Waals surface area contributed by atoms with Crippen LogP contribution >= 0.6 is 0 Å². The first kappa shape index (κ1) is 13.6. The first-order valence-corrected chi connectivity index (χ1v) is 6.49. The lowest BCUT2D eigenvalue weighted by Crippen LogP contribution is -2.04. The van der Waals surface area contributed by atoms with Crippen LogP contribution < -0.4 is 0 Å². The van der Waals surface area contributed by atoms with E-state index < -0.39 is 11.7 Å². The summed E-state index contributed by atoms with van der Waals surface area (Å²) in [7, 11) is 0. The maximum absolute atomic E-state index is 12.6. The zero-order valence-electron chi connectivity index (χ0n) is 11.3. The summed E-state index contributed by atoms with van der Waals surface area (Å²) < 4.78 is 37.9. The van der Waals surface area contributed by atoms with Crippen LogP contribution in [-0.2, 0) is 6.18 Å². The summed E-state index contributed by atoms with van der Waals surface area (Å²) in [6, 6.07) is 14.7. The molecule has 0 aliphatic rings. The molecule has 0 radical (unpaired) electrons. The van der Waals surface area contributed by atoms with Crippen LogP contribution in [0.2, 0.25) is 0 Å². The van der Waals surface area contributed by atoms with Gasteiger partial charge in [0, 0.05) is 11.1 Å². The molecular weight excluding hydrogens is 275 g/mol. The average molecular weight is 287 g/mol. The molecule has 1 heterocycles. The number of benzene rings is 2. The van der Waals surface area contributed by atoms with Gasteiger partial charge >= 0.3 is 6.18 Å². The van der Waals surface area contributed by atoms with Crippen LogP contribution in [0.5, 0.6) is 0 Å². The Morgan fingerprint density at radius 2 is 1.57 bits per heavy atom. The number of halogens is 3. The van der Waals surface area contributed by atoms with Crippen molar-refractivity contribution in [1.82, 2.24) is 4.98 Å². The largest absolute Gasteiger partial charge is 0.416 e. The van der Waals surface area contributed by atoms with Crippen LogP contribution in [0.25, 0.3) is 22.0 Å². The normalized spacial score (nSPS) is 11.8. The number of nitrogens with zero attached hydrogens (tertiary/aromatic N) is 1. The first-order valence-electron chi connectivity index (χ1n) is 6.49. The lowest BCUT2D eigenvalue weighted by atomic mass is 9.99. The summed E-state index contributed by atoms with van der Waals surface area (Å²) in [5, 5.41) is 0.933. The predicted octanol–water partition coefficient (Wildman–Crippen LogP) is 5.23. The van der Waals surface area contributed by atoms with Crippen LogP contribution in [0.1, 0.15) is 11.3 Å². The van der Waals surface area contributed by atoms with Gasteiger partial charge in [0.2, 0.25) is 0 Å². The van der Waals surface area contributed by atoms with Crippen molar-refractivity contribution >= 4 is 10.9 Å². The highest BCUT2D eigenvalue weighted by Crippen LogP contribution is 2.33. The summed E-state index contributed by atoms with van der Waals surface area (Å²) in [5.74, 6) is 0. The first-order chi connectivity index (χ1) is 9.95. The third-order valence-electron chi connectivity index (χ3n) is 3.37. The Bertz CT molecular complexity index is 789. The average Bonchev–Trinajstić information content (AvgIpc) is 2.45. The summed E-state index contributed by atoms with van der Waals surface area (Å²) in [5.41, 5.74) is 2.69. The summed E-state index contributed by atoms with van der Waals surface area (Å²) >= 11 is 0. The van der Waals surface area contributed by atoms with E-state index in [4.69, 9.17) is 0 Å². The number of para-hydroxylation sites is 1. The second-order valence-corrected chi connectivity index (χ2v) is 4.90. The van der Waals surface area contributed by atoms with Gasteiger partial charge in [0.25, 0.3) is 0 Å². The fraction of sp³-hybridized carbons (Fsp3) is 0.118. The Labute approximate surface area is 120 Å². The van der Waals surface area contributed by atoms with Crippen molar-refractivity contribution in [3.05, 3.63) is 65.9 Å². The zero-order valence-corrected chi connectivity index (χ0v) is 11.3. The van der Waals surface area contributed by atoms with Crippen molar-refractivity contribution in [3.63, 3.8) is 0 Å². The summed E-state index contributed by atoms with van der Waals surface area (Å²) in [6.07, 6.45) is -4.31. The van der Waals surface area contributed by atoms with Gasteiger partial charge < -0.3 is 0 Å². The van der Waals surface area contributed by atoms with Crippen LogP contribution in [0, 0.1) is 6.92 Å². The Morgan fingerprint density at radius 1 is 0.905 bits per heavy atom. The molecule has 0 atom stereocenters. The van der Waals surface area contributed by atoms with Crippen molar-refractivity contribution in [1.29, 1.82) is 0 Å². The summed E-state index contributed by atoms with van der Waals surface area (Å²) in [6.45, 7) is 1.88. The number of hydrogen-bond acceptors (Lipinski definition) is 1. The van der Waals surface area contributed by atoms with Gasteiger partial charge in [0.15, 0.2) is 0 Å². The third kappa shape index (κ3) is 2.61. The molecule has 0 spiro atoms. The Balaban J connectivity index is 2.16. The molecule has 106 valence electrons. The molecule has 0 unspecified atom stereocenters. The molecule has 0 aliphatic heterocycles. The van der Waals surface area contributed by atoms with E-state index in [0.717, 1.165) is 39.9 Å². The topological polar surface area (TPSA) is 12.9 Å². The minimum Gasteiger partial charge on any atom is -0.253 e. The molecule has 0 aliphatic carbocycles. The third-order valence-corrected chi connectivity index (χ3v) is 3.37. The summed E-state index contributed by atoms with van der Waals surface area (Å²) in [4.78, 5) is 4.44. The molecule has 21 heavy (non-hydrogen) atoms. The predicted molar refractivity (Wildman–Crippen MR) is 76.9 cm³/mol. The minimum atomic E-state index is -4.31. The van der Waals surface area contributed by atoms with E-state index in [-0.39, 0.29) is 0 Å². The molecule has 0 saturated carbocycles. The highest BCUT2D eigenvalue weighted by molar-refractivity contribution is 5.94. The van der Waals surface area contributed by atoms with Crippen molar-refractivity contribution in [2.24, 2.45) is 0 Å². The maximum Gasteiger partial charge on any atom is 0.416 e. The van der Waals surface area contributed by atoms with Crippen molar-refractivity contribution in [2.75, 3.05) is 0 Å². The maximum atomic E-state index is 12.6. The molecule has 3 rings (SSSR count). The van der Waals surface area contributed by atoms with E-state index >= 15 is 0 Å². The molecule has 0 amide bonds. The number of rotatable bonds is 1. The molecule has 0 saturated heterocycles. The number of alkyl halides is 3. The van der Waals surface area contributed by atoms with Crippen molar-refractivity contribution < 1.29 is 13.2 Å². The lowest BCUT2D eigenvalue weighted by Gasteiger charge is -2.10. The van der Waals surface area contributed by atoms with Crippen LogP contribution in [0.15, 0.2) is 54.6 Å². The van der Waals surface area contributed by atoms with Crippen molar-refractivity contribution in [2.45, 2.75) is 13.1 Å². The SMILES string of the molecule is Cc1cc(-c2ccc(C(F)(F)F)cc2)c2ccccc2n1. The van der Waals surface area contributed by atoms with Gasteiger partial charge in [-0.3, -0.25) is 4.98 Å². The smallest absolute Gasteiger partial charge is 0.253 e. The monoisotopic (exact) mass is 287 g/mol. The van der Waals surface area contributed by atoms with E-state index in [2.05, 4.69) is 4.98 Å². The van der Waals surface area contributed by atoms with Crippen LogP contribution in [-0.4, -0.2) is 4.98 Å². The molecule has 0 N–H and O–H groups in total. The number of pyridine rings is 1. The van der Waals surface area contributed by atoms with Gasteiger partial charge in [-0.2, -0.15) is 13.2 Å². The van der Waals surface area contributed by atoms with Crippen LogP contribution in [0.3, 0.4) is 0 Å². The fourth-order valence-corrected chi connectivity index (χ4v) is 2.39. The molecule has 1 aromatic heterocycles. The fourth-order valence-electron chi connectivity index (χ4n) is 2.39. The van der Waals surface area contributed by atoms with Gasteiger partial charge in [0.1, 0.15) is 0 Å². The Kier molecular flexibility index (Phi) is 3.16. The van der Waals surface area contributed by atoms with E-state index in [1.165, 1.54) is 12.1 Å². The molecule has 1 nitrogen and oxygen atoms in total. The minimum absolute atomic E-state index is 0.638. The highest BCUT2D eigenvalue weighted by Gasteiger charge is 2.30. The van der Waals surface area contributed by atoms with E-state index in [9.17, 15) is 13.2 Å².